The molecule has 0 spiro atoms. The lowest BCUT2D eigenvalue weighted by atomic mass is 9.98. The summed E-state index contributed by atoms with van der Waals surface area (Å²) in [6.07, 6.45) is -4.42. The maximum absolute atomic E-state index is 13.2. The molecule has 6 nitrogen and oxygen atoms in total. The van der Waals surface area contributed by atoms with Crippen molar-refractivity contribution < 1.29 is 13.2 Å². The van der Waals surface area contributed by atoms with Crippen LogP contribution in [0.1, 0.15) is 16.8 Å². The number of rotatable bonds is 3. The van der Waals surface area contributed by atoms with E-state index in [1.165, 1.54) is 13.0 Å². The summed E-state index contributed by atoms with van der Waals surface area (Å²) in [5, 5.41) is 20.3. The Morgan fingerprint density at radius 3 is 2.42 bits per heavy atom. The number of nitrogens with zero attached hydrogens (tertiary/aromatic N) is 3. The molecule has 0 aliphatic heterocycles. The molecule has 0 saturated carbocycles. The number of hydrogen-bond acceptors (Lipinski definition) is 4. The molecule has 0 unspecified atom stereocenters. The lowest BCUT2D eigenvalue weighted by molar-refractivity contribution is -0.138. The van der Waals surface area contributed by atoms with Gasteiger partial charge in [0.15, 0.2) is 5.82 Å². The van der Waals surface area contributed by atoms with Crippen molar-refractivity contribution in [2.75, 3.05) is 12.4 Å². The van der Waals surface area contributed by atoms with Crippen molar-refractivity contribution >= 4 is 5.82 Å². The molecule has 0 amide bonds. The minimum absolute atomic E-state index is 0.167. The largest absolute Gasteiger partial charge is 0.416 e. The maximum atomic E-state index is 13.2. The molecule has 2 heterocycles. The minimum Gasteiger partial charge on any atom is -0.371 e. The number of halogens is 3. The van der Waals surface area contributed by atoms with Gasteiger partial charge in [-0.05, 0) is 31.0 Å². The second-order valence-electron chi connectivity index (χ2n) is 5.36. The SMILES string of the molecule is CNc1n[nH]c(-c2n[nH]nc2C)c1-c1ccc(C)c(C(F)(F)F)c1. The number of aryl methyl sites for hydroxylation is 2. The normalized spacial score (nSPS) is 11.8. The molecule has 0 aliphatic rings. The fourth-order valence-electron chi connectivity index (χ4n) is 2.58. The van der Waals surface area contributed by atoms with Crippen LogP contribution in [0.25, 0.3) is 22.5 Å². The lowest BCUT2D eigenvalue weighted by Crippen LogP contribution is -2.07. The number of nitrogens with one attached hydrogen (secondary N) is 3. The number of aromatic nitrogens is 5. The number of H-pyrrole nitrogens is 2. The summed E-state index contributed by atoms with van der Waals surface area (Å²) in [5.74, 6) is 0.435. The molecule has 24 heavy (non-hydrogen) atoms. The Balaban J connectivity index is 2.23. The molecule has 2 aromatic heterocycles. The molecule has 126 valence electrons. The van der Waals surface area contributed by atoms with Crippen LogP contribution in [-0.4, -0.2) is 32.7 Å². The molecular weight excluding hydrogens is 321 g/mol. The smallest absolute Gasteiger partial charge is 0.371 e. The molecule has 0 atom stereocenters. The lowest BCUT2D eigenvalue weighted by Gasteiger charge is -2.13. The molecule has 3 N–H and O–H groups in total. The van der Waals surface area contributed by atoms with Gasteiger partial charge in [-0.15, -0.1) is 0 Å². The number of alkyl halides is 3. The highest BCUT2D eigenvalue weighted by Gasteiger charge is 2.33. The Bertz CT molecular complexity index is 878. The molecule has 9 heteroatoms. The zero-order valence-electron chi connectivity index (χ0n) is 13.2. The van der Waals surface area contributed by atoms with Gasteiger partial charge >= 0.3 is 6.18 Å². The van der Waals surface area contributed by atoms with E-state index in [-0.39, 0.29) is 5.56 Å². The fourth-order valence-corrected chi connectivity index (χ4v) is 2.58. The first-order valence-electron chi connectivity index (χ1n) is 7.15. The Morgan fingerprint density at radius 1 is 1.08 bits per heavy atom. The Hall–Kier alpha value is -2.84. The molecule has 0 bridgehead atoms. The van der Waals surface area contributed by atoms with E-state index in [1.807, 2.05) is 0 Å². The van der Waals surface area contributed by atoms with Crippen molar-refractivity contribution in [3.05, 3.63) is 35.0 Å². The van der Waals surface area contributed by atoms with Crippen LogP contribution in [0.3, 0.4) is 0 Å². The first-order chi connectivity index (χ1) is 11.3. The topological polar surface area (TPSA) is 82.3 Å². The van der Waals surface area contributed by atoms with E-state index in [0.717, 1.165) is 6.07 Å². The summed E-state index contributed by atoms with van der Waals surface area (Å²) in [6.45, 7) is 3.18. The molecule has 3 rings (SSSR count). The van der Waals surface area contributed by atoms with Gasteiger partial charge in [-0.1, -0.05) is 12.1 Å². The summed E-state index contributed by atoms with van der Waals surface area (Å²) in [5.41, 5.74) is 2.02. The van der Waals surface area contributed by atoms with Gasteiger partial charge in [0, 0.05) is 7.05 Å². The van der Waals surface area contributed by atoms with Gasteiger partial charge in [0.25, 0.3) is 0 Å². The van der Waals surface area contributed by atoms with Crippen molar-refractivity contribution in [2.24, 2.45) is 0 Å². The van der Waals surface area contributed by atoms with E-state index in [4.69, 9.17) is 0 Å². The van der Waals surface area contributed by atoms with Crippen LogP contribution in [0.5, 0.6) is 0 Å². The van der Waals surface area contributed by atoms with E-state index in [0.29, 0.717) is 34.0 Å². The highest BCUT2D eigenvalue weighted by Crippen LogP contribution is 2.39. The first kappa shape index (κ1) is 16.0. The van der Waals surface area contributed by atoms with Gasteiger partial charge in [-0.2, -0.15) is 33.7 Å². The summed E-state index contributed by atoms with van der Waals surface area (Å²) >= 11 is 0. The Labute approximate surface area is 135 Å². The van der Waals surface area contributed by atoms with Crippen LogP contribution in [-0.2, 0) is 6.18 Å². The van der Waals surface area contributed by atoms with Gasteiger partial charge in [-0.3, -0.25) is 5.10 Å². The molecule has 0 radical (unpaired) electrons. The molecular formula is C15H15F3N6. The molecule has 0 fully saturated rings. The summed E-state index contributed by atoms with van der Waals surface area (Å²) < 4.78 is 39.7. The molecule has 0 aliphatic carbocycles. The standard InChI is InChI=1S/C15H15F3N6/c1-7-4-5-9(6-10(7)15(16,17)18)11-13(21-23-14(11)19-3)12-8(2)20-24-22-12/h4-6H,1-3H3,(H2,19,21,23)(H,20,22,24). The number of aromatic amines is 2. The van der Waals surface area contributed by atoms with E-state index in [1.54, 1.807) is 20.0 Å². The maximum Gasteiger partial charge on any atom is 0.416 e. The second-order valence-corrected chi connectivity index (χ2v) is 5.36. The summed E-state index contributed by atoms with van der Waals surface area (Å²) in [6, 6.07) is 4.21. The van der Waals surface area contributed by atoms with E-state index >= 15 is 0 Å². The Kier molecular flexibility index (Phi) is 3.78. The average molecular weight is 336 g/mol. The van der Waals surface area contributed by atoms with Crippen molar-refractivity contribution in [2.45, 2.75) is 20.0 Å². The van der Waals surface area contributed by atoms with E-state index in [9.17, 15) is 13.2 Å². The van der Waals surface area contributed by atoms with Crippen LogP contribution in [0.4, 0.5) is 19.0 Å². The number of anilines is 1. The van der Waals surface area contributed by atoms with Crippen molar-refractivity contribution in [3.8, 4) is 22.5 Å². The quantitative estimate of drug-likeness (QED) is 0.683. The van der Waals surface area contributed by atoms with Crippen molar-refractivity contribution in [1.29, 1.82) is 0 Å². The second kappa shape index (κ2) is 5.66. The third kappa shape index (κ3) is 2.61. The number of hydrogen-bond donors (Lipinski definition) is 3. The fraction of sp³-hybridized carbons (Fsp3) is 0.267. The average Bonchev–Trinajstić information content (AvgIpc) is 3.12. The zero-order chi connectivity index (χ0) is 17.5. The van der Waals surface area contributed by atoms with Gasteiger partial charge in [0.05, 0.1) is 22.5 Å². The monoisotopic (exact) mass is 336 g/mol. The highest BCUT2D eigenvalue weighted by atomic mass is 19.4. The number of benzene rings is 1. The molecule has 0 saturated heterocycles. The van der Waals surface area contributed by atoms with Crippen LogP contribution in [0, 0.1) is 13.8 Å². The minimum atomic E-state index is -4.42. The predicted molar refractivity (Wildman–Crippen MR) is 83.4 cm³/mol. The van der Waals surface area contributed by atoms with Crippen LogP contribution in [0.2, 0.25) is 0 Å². The third-order valence-electron chi connectivity index (χ3n) is 3.79. The Morgan fingerprint density at radius 2 is 1.83 bits per heavy atom. The van der Waals surface area contributed by atoms with Crippen molar-refractivity contribution in [3.63, 3.8) is 0 Å². The van der Waals surface area contributed by atoms with Gasteiger partial charge in [0.1, 0.15) is 5.69 Å². The molecule has 1 aromatic carbocycles. The van der Waals surface area contributed by atoms with Gasteiger partial charge in [-0.25, -0.2) is 0 Å². The zero-order valence-corrected chi connectivity index (χ0v) is 13.2. The van der Waals surface area contributed by atoms with E-state index < -0.39 is 11.7 Å². The van der Waals surface area contributed by atoms with Gasteiger partial charge in [0.2, 0.25) is 0 Å². The summed E-state index contributed by atoms with van der Waals surface area (Å²) in [7, 11) is 1.65. The van der Waals surface area contributed by atoms with E-state index in [2.05, 4.69) is 30.9 Å². The molecule has 3 aromatic rings. The third-order valence-corrected chi connectivity index (χ3v) is 3.79. The van der Waals surface area contributed by atoms with Gasteiger partial charge < -0.3 is 5.32 Å². The summed E-state index contributed by atoms with van der Waals surface area (Å²) in [4.78, 5) is 0. The van der Waals surface area contributed by atoms with Crippen LogP contribution >= 0.6 is 0 Å². The highest BCUT2D eigenvalue weighted by molar-refractivity contribution is 5.88. The predicted octanol–water partition coefficient (Wildman–Crippen LogP) is 3.54. The van der Waals surface area contributed by atoms with Crippen LogP contribution in [0.15, 0.2) is 18.2 Å². The van der Waals surface area contributed by atoms with Crippen molar-refractivity contribution in [1.82, 2.24) is 25.6 Å². The first-order valence-corrected chi connectivity index (χ1v) is 7.15. The van der Waals surface area contributed by atoms with Crippen LogP contribution < -0.4 is 5.32 Å².